The maximum atomic E-state index is 11.7. The highest BCUT2D eigenvalue weighted by Crippen LogP contribution is 2.03. The predicted molar refractivity (Wildman–Crippen MR) is 73.6 cm³/mol. The highest BCUT2D eigenvalue weighted by Gasteiger charge is 2.14. The molecule has 1 amide bonds. The lowest BCUT2D eigenvalue weighted by Crippen LogP contribution is -2.33. The second-order valence-electron chi connectivity index (χ2n) is 4.04. The van der Waals surface area contributed by atoms with Crippen LogP contribution in [-0.2, 0) is 10.0 Å². The summed E-state index contributed by atoms with van der Waals surface area (Å²) < 4.78 is 24.1. The van der Waals surface area contributed by atoms with Crippen molar-refractivity contribution in [2.24, 2.45) is 0 Å². The Bertz CT molecular complexity index is 525. The maximum Gasteiger partial charge on any atom is 0.252 e. The van der Waals surface area contributed by atoms with Gasteiger partial charge in [0.25, 0.3) is 5.91 Å². The molecule has 0 saturated carbocycles. The van der Waals surface area contributed by atoms with Crippen molar-refractivity contribution >= 4 is 21.7 Å². The SMILES string of the molecule is CNc1ccc(C(=O)NCCS(=O)(=O)N(C)C)cn1. The first kappa shape index (κ1) is 15.4. The molecule has 106 valence electrons. The summed E-state index contributed by atoms with van der Waals surface area (Å²) in [6.45, 7) is 0.0626. The van der Waals surface area contributed by atoms with Gasteiger partial charge in [0.05, 0.1) is 11.3 Å². The Morgan fingerprint density at radius 3 is 2.53 bits per heavy atom. The average molecular weight is 286 g/mol. The number of carbonyl (C=O) groups excluding carboxylic acids is 1. The minimum Gasteiger partial charge on any atom is -0.373 e. The number of hydrogen-bond donors (Lipinski definition) is 2. The van der Waals surface area contributed by atoms with E-state index in [9.17, 15) is 13.2 Å². The first-order valence-corrected chi connectivity index (χ1v) is 7.30. The minimum absolute atomic E-state index is 0.0626. The molecule has 1 aromatic heterocycles. The zero-order valence-corrected chi connectivity index (χ0v) is 12.0. The van der Waals surface area contributed by atoms with Crippen LogP contribution in [0, 0.1) is 0 Å². The molecule has 0 unspecified atom stereocenters. The molecule has 0 fully saturated rings. The van der Waals surface area contributed by atoms with Gasteiger partial charge in [-0.3, -0.25) is 4.79 Å². The van der Waals surface area contributed by atoms with Gasteiger partial charge in [0, 0.05) is 33.9 Å². The van der Waals surface area contributed by atoms with Crippen molar-refractivity contribution in [3.8, 4) is 0 Å². The third-order valence-corrected chi connectivity index (χ3v) is 4.32. The summed E-state index contributed by atoms with van der Waals surface area (Å²) in [6, 6.07) is 3.29. The highest BCUT2D eigenvalue weighted by molar-refractivity contribution is 7.89. The van der Waals surface area contributed by atoms with E-state index in [1.165, 1.54) is 20.3 Å². The molecule has 0 atom stereocenters. The van der Waals surface area contributed by atoms with Gasteiger partial charge in [-0.25, -0.2) is 17.7 Å². The molecule has 8 heteroatoms. The number of aromatic nitrogens is 1. The maximum absolute atomic E-state index is 11.7. The zero-order valence-electron chi connectivity index (χ0n) is 11.2. The van der Waals surface area contributed by atoms with Gasteiger partial charge in [-0.1, -0.05) is 0 Å². The molecule has 1 heterocycles. The van der Waals surface area contributed by atoms with Crippen molar-refractivity contribution in [3.63, 3.8) is 0 Å². The van der Waals surface area contributed by atoms with E-state index in [0.717, 1.165) is 4.31 Å². The molecule has 1 aromatic rings. The van der Waals surface area contributed by atoms with Crippen LogP contribution in [0.1, 0.15) is 10.4 Å². The lowest BCUT2D eigenvalue weighted by molar-refractivity contribution is 0.0955. The zero-order chi connectivity index (χ0) is 14.5. The molecule has 0 bridgehead atoms. The molecule has 19 heavy (non-hydrogen) atoms. The van der Waals surface area contributed by atoms with E-state index in [4.69, 9.17) is 0 Å². The number of pyridine rings is 1. The fourth-order valence-corrected chi connectivity index (χ4v) is 1.98. The van der Waals surface area contributed by atoms with Crippen LogP contribution in [0.15, 0.2) is 18.3 Å². The van der Waals surface area contributed by atoms with E-state index < -0.39 is 10.0 Å². The number of carbonyl (C=O) groups is 1. The van der Waals surface area contributed by atoms with E-state index in [1.54, 1.807) is 19.2 Å². The van der Waals surface area contributed by atoms with E-state index >= 15 is 0 Å². The minimum atomic E-state index is -3.29. The molecule has 0 spiro atoms. The van der Waals surface area contributed by atoms with Crippen molar-refractivity contribution in [1.29, 1.82) is 0 Å². The lowest BCUT2D eigenvalue weighted by Gasteiger charge is -2.11. The predicted octanol–water partition coefficient (Wildman–Crippen LogP) is -0.255. The topological polar surface area (TPSA) is 91.4 Å². The molecule has 1 rings (SSSR count). The normalized spacial score (nSPS) is 11.4. The van der Waals surface area contributed by atoms with E-state index in [2.05, 4.69) is 15.6 Å². The van der Waals surface area contributed by atoms with Gasteiger partial charge < -0.3 is 10.6 Å². The number of nitrogens with zero attached hydrogens (tertiary/aromatic N) is 2. The van der Waals surface area contributed by atoms with Gasteiger partial charge in [-0.05, 0) is 12.1 Å². The Labute approximate surface area is 113 Å². The van der Waals surface area contributed by atoms with Crippen molar-refractivity contribution in [2.45, 2.75) is 0 Å². The Kier molecular flexibility index (Phi) is 5.25. The van der Waals surface area contributed by atoms with Crippen LogP contribution in [0.5, 0.6) is 0 Å². The third-order valence-electron chi connectivity index (χ3n) is 2.48. The van der Waals surface area contributed by atoms with Crippen molar-refractivity contribution < 1.29 is 13.2 Å². The summed E-state index contributed by atoms with van der Waals surface area (Å²) in [5.74, 6) is 0.184. The van der Waals surface area contributed by atoms with Gasteiger partial charge in [-0.15, -0.1) is 0 Å². The van der Waals surface area contributed by atoms with Crippen molar-refractivity contribution in [3.05, 3.63) is 23.9 Å². The van der Waals surface area contributed by atoms with Gasteiger partial charge in [0.1, 0.15) is 5.82 Å². The smallest absolute Gasteiger partial charge is 0.252 e. The van der Waals surface area contributed by atoms with Crippen LogP contribution in [0.2, 0.25) is 0 Å². The summed E-state index contributed by atoms with van der Waals surface area (Å²) >= 11 is 0. The summed E-state index contributed by atoms with van der Waals surface area (Å²) in [5, 5.41) is 5.38. The first-order valence-electron chi connectivity index (χ1n) is 5.69. The molecular formula is C11H18N4O3S. The van der Waals surface area contributed by atoms with Gasteiger partial charge in [0.2, 0.25) is 10.0 Å². The average Bonchev–Trinajstić information content (AvgIpc) is 2.38. The molecule has 0 aromatic carbocycles. The monoisotopic (exact) mass is 286 g/mol. The molecule has 0 aliphatic carbocycles. The molecule has 0 aliphatic heterocycles. The quantitative estimate of drug-likeness (QED) is 0.752. The number of anilines is 1. The van der Waals surface area contributed by atoms with Gasteiger partial charge >= 0.3 is 0 Å². The molecule has 7 nitrogen and oxygen atoms in total. The van der Waals surface area contributed by atoms with Gasteiger partial charge in [-0.2, -0.15) is 0 Å². The van der Waals surface area contributed by atoms with E-state index in [-0.39, 0.29) is 18.2 Å². The molecule has 2 N–H and O–H groups in total. The number of nitrogens with one attached hydrogen (secondary N) is 2. The van der Waals surface area contributed by atoms with E-state index in [0.29, 0.717) is 11.4 Å². The lowest BCUT2D eigenvalue weighted by atomic mass is 10.2. The largest absolute Gasteiger partial charge is 0.373 e. The van der Waals surface area contributed by atoms with Gasteiger partial charge in [0.15, 0.2) is 0 Å². The molecule has 0 saturated heterocycles. The number of rotatable bonds is 6. The Morgan fingerprint density at radius 1 is 1.37 bits per heavy atom. The fraction of sp³-hybridized carbons (Fsp3) is 0.455. The molecule has 0 aliphatic rings. The molecule has 0 radical (unpaired) electrons. The third kappa shape index (κ3) is 4.49. The van der Waals surface area contributed by atoms with Crippen LogP contribution in [0.4, 0.5) is 5.82 Å². The van der Waals surface area contributed by atoms with Crippen molar-refractivity contribution in [1.82, 2.24) is 14.6 Å². The highest BCUT2D eigenvalue weighted by atomic mass is 32.2. The van der Waals surface area contributed by atoms with Crippen molar-refractivity contribution in [2.75, 3.05) is 38.8 Å². The second kappa shape index (κ2) is 6.48. The fourth-order valence-electron chi connectivity index (χ4n) is 1.25. The summed E-state index contributed by atoms with van der Waals surface area (Å²) in [4.78, 5) is 15.7. The Balaban J connectivity index is 2.52. The Morgan fingerprint density at radius 2 is 2.05 bits per heavy atom. The summed E-state index contributed by atoms with van der Waals surface area (Å²) in [5.41, 5.74) is 0.390. The summed E-state index contributed by atoms with van der Waals surface area (Å²) in [7, 11) is 1.35. The molecular weight excluding hydrogens is 268 g/mol. The Hall–Kier alpha value is -1.67. The first-order chi connectivity index (χ1) is 8.86. The standard InChI is InChI=1S/C11H18N4O3S/c1-12-10-5-4-9(8-14-10)11(16)13-6-7-19(17,18)15(2)3/h4-5,8H,6-7H2,1-3H3,(H,12,14)(H,13,16). The van der Waals surface area contributed by atoms with Crippen LogP contribution < -0.4 is 10.6 Å². The van der Waals surface area contributed by atoms with E-state index in [1.807, 2.05) is 0 Å². The second-order valence-corrected chi connectivity index (χ2v) is 6.34. The van der Waals surface area contributed by atoms with Crippen LogP contribution in [-0.4, -0.2) is 57.1 Å². The number of hydrogen-bond acceptors (Lipinski definition) is 5. The van der Waals surface area contributed by atoms with Crippen LogP contribution in [0.3, 0.4) is 0 Å². The summed E-state index contributed by atoms with van der Waals surface area (Å²) in [6.07, 6.45) is 1.43. The van der Waals surface area contributed by atoms with Crippen LogP contribution in [0.25, 0.3) is 0 Å². The van der Waals surface area contributed by atoms with Crippen LogP contribution >= 0.6 is 0 Å². The number of amides is 1. The number of sulfonamides is 1.